The predicted octanol–water partition coefficient (Wildman–Crippen LogP) is 2.95. The van der Waals surface area contributed by atoms with Gasteiger partial charge in [0.1, 0.15) is 6.04 Å². The molecule has 5 heteroatoms. The Morgan fingerprint density at radius 1 is 1.04 bits per heavy atom. The first-order chi connectivity index (χ1) is 13.6. The van der Waals surface area contributed by atoms with Gasteiger partial charge in [-0.3, -0.25) is 14.5 Å². The van der Waals surface area contributed by atoms with Gasteiger partial charge >= 0.3 is 5.97 Å². The second-order valence-corrected chi connectivity index (χ2v) is 7.70. The number of anilines is 1. The van der Waals surface area contributed by atoms with Gasteiger partial charge in [-0.15, -0.1) is 0 Å². The van der Waals surface area contributed by atoms with Gasteiger partial charge in [-0.1, -0.05) is 42.5 Å². The highest BCUT2D eigenvalue weighted by molar-refractivity contribution is 5.97. The molecule has 0 saturated carbocycles. The standard InChI is InChI=1S/C23H26N2O3/c1-16-11-12-17-7-5-6-10-20(17)25(16)22(26)15-24-14-19-9-4-3-8-18(19)13-21(24)23(27)28-2/h3-10,16,21H,11-15H2,1-2H3. The minimum atomic E-state index is -0.431. The van der Waals surface area contributed by atoms with Crippen molar-refractivity contribution in [1.82, 2.24) is 4.90 Å². The second-order valence-electron chi connectivity index (χ2n) is 7.70. The predicted molar refractivity (Wildman–Crippen MR) is 108 cm³/mol. The summed E-state index contributed by atoms with van der Waals surface area (Å²) in [6, 6.07) is 15.9. The van der Waals surface area contributed by atoms with Crippen molar-refractivity contribution < 1.29 is 14.3 Å². The lowest BCUT2D eigenvalue weighted by molar-refractivity contribution is -0.148. The molecule has 2 aliphatic heterocycles. The molecule has 4 rings (SSSR count). The van der Waals surface area contributed by atoms with Crippen LogP contribution in [-0.4, -0.2) is 42.5 Å². The molecule has 28 heavy (non-hydrogen) atoms. The van der Waals surface area contributed by atoms with Gasteiger partial charge in [-0.2, -0.15) is 0 Å². The number of rotatable bonds is 3. The monoisotopic (exact) mass is 378 g/mol. The Hall–Kier alpha value is -2.66. The SMILES string of the molecule is COC(=O)C1Cc2ccccc2CN1CC(=O)N1c2ccccc2CCC1C. The molecule has 2 aromatic carbocycles. The first-order valence-corrected chi connectivity index (χ1v) is 9.87. The minimum Gasteiger partial charge on any atom is -0.468 e. The molecule has 0 aromatic heterocycles. The molecule has 0 N–H and O–H groups in total. The van der Waals surface area contributed by atoms with Crippen LogP contribution >= 0.6 is 0 Å². The van der Waals surface area contributed by atoms with Crippen LogP contribution in [0.4, 0.5) is 5.69 Å². The number of ether oxygens (including phenoxy) is 1. The summed E-state index contributed by atoms with van der Waals surface area (Å²) in [6.07, 6.45) is 2.51. The summed E-state index contributed by atoms with van der Waals surface area (Å²) in [5, 5.41) is 0. The lowest BCUT2D eigenvalue weighted by atomic mass is 9.93. The molecule has 0 bridgehead atoms. The molecule has 0 spiro atoms. The quantitative estimate of drug-likeness (QED) is 0.771. The van der Waals surface area contributed by atoms with Gasteiger partial charge in [-0.05, 0) is 48.9 Å². The molecule has 0 saturated heterocycles. The molecule has 146 valence electrons. The summed E-state index contributed by atoms with van der Waals surface area (Å²) in [7, 11) is 1.41. The van der Waals surface area contributed by atoms with Crippen LogP contribution in [0.5, 0.6) is 0 Å². The van der Waals surface area contributed by atoms with E-state index in [9.17, 15) is 9.59 Å². The van der Waals surface area contributed by atoms with E-state index in [4.69, 9.17) is 4.74 Å². The van der Waals surface area contributed by atoms with Gasteiger partial charge in [0.15, 0.2) is 0 Å². The summed E-state index contributed by atoms with van der Waals surface area (Å²) in [5.41, 5.74) is 4.53. The Labute approximate surface area is 165 Å². The first kappa shape index (κ1) is 18.7. The largest absolute Gasteiger partial charge is 0.468 e. The molecular formula is C23H26N2O3. The number of nitrogens with zero attached hydrogens (tertiary/aromatic N) is 2. The minimum absolute atomic E-state index is 0.0351. The molecule has 1 amide bonds. The number of carbonyl (C=O) groups is 2. The smallest absolute Gasteiger partial charge is 0.323 e. The Morgan fingerprint density at radius 2 is 1.71 bits per heavy atom. The van der Waals surface area contributed by atoms with Gasteiger partial charge in [0, 0.05) is 18.3 Å². The van der Waals surface area contributed by atoms with Crippen LogP contribution in [0.1, 0.15) is 30.0 Å². The van der Waals surface area contributed by atoms with Crippen LogP contribution in [0.2, 0.25) is 0 Å². The van der Waals surface area contributed by atoms with Gasteiger partial charge in [0.05, 0.1) is 13.7 Å². The Morgan fingerprint density at radius 3 is 2.46 bits per heavy atom. The average Bonchev–Trinajstić information content (AvgIpc) is 2.72. The van der Waals surface area contributed by atoms with Crippen LogP contribution in [-0.2, 0) is 33.7 Å². The van der Waals surface area contributed by atoms with Crippen molar-refractivity contribution >= 4 is 17.6 Å². The molecule has 2 atom stereocenters. The van der Waals surface area contributed by atoms with E-state index < -0.39 is 6.04 Å². The topological polar surface area (TPSA) is 49.9 Å². The lowest BCUT2D eigenvalue weighted by Gasteiger charge is -2.39. The first-order valence-electron chi connectivity index (χ1n) is 9.87. The van der Waals surface area contributed by atoms with Gasteiger partial charge in [0.2, 0.25) is 5.91 Å². The number of benzene rings is 2. The number of fused-ring (bicyclic) bond motifs is 2. The number of esters is 1. The number of aryl methyl sites for hydroxylation is 1. The molecule has 0 radical (unpaired) electrons. The number of hydrogen-bond acceptors (Lipinski definition) is 4. The summed E-state index contributed by atoms with van der Waals surface area (Å²) < 4.78 is 5.03. The molecule has 2 aromatic rings. The fourth-order valence-corrected chi connectivity index (χ4v) is 4.43. The number of para-hydroxylation sites is 1. The lowest BCUT2D eigenvalue weighted by Crippen LogP contribution is -2.52. The van der Waals surface area contributed by atoms with E-state index in [1.807, 2.05) is 46.2 Å². The van der Waals surface area contributed by atoms with E-state index >= 15 is 0 Å². The molecular weight excluding hydrogens is 352 g/mol. The van der Waals surface area contributed by atoms with E-state index in [0.29, 0.717) is 13.0 Å². The van der Waals surface area contributed by atoms with E-state index in [-0.39, 0.29) is 24.5 Å². The zero-order chi connectivity index (χ0) is 19.7. The third kappa shape index (κ3) is 3.42. The fraction of sp³-hybridized carbons (Fsp3) is 0.391. The Kier molecular flexibility index (Phi) is 5.18. The summed E-state index contributed by atoms with van der Waals surface area (Å²) in [4.78, 5) is 29.6. The Bertz CT molecular complexity index is 895. The maximum atomic E-state index is 13.3. The third-order valence-corrected chi connectivity index (χ3v) is 5.95. The number of methoxy groups -OCH3 is 1. The normalized spacial score (nSPS) is 21.6. The highest BCUT2D eigenvalue weighted by atomic mass is 16.5. The summed E-state index contributed by atoms with van der Waals surface area (Å²) in [5.74, 6) is -0.248. The van der Waals surface area contributed by atoms with Gasteiger partial charge in [-0.25, -0.2) is 0 Å². The van der Waals surface area contributed by atoms with E-state index in [2.05, 4.69) is 19.1 Å². The van der Waals surface area contributed by atoms with Crippen molar-refractivity contribution in [2.45, 2.75) is 44.8 Å². The summed E-state index contributed by atoms with van der Waals surface area (Å²) >= 11 is 0. The van der Waals surface area contributed by atoms with Crippen LogP contribution in [0.3, 0.4) is 0 Å². The number of hydrogen-bond donors (Lipinski definition) is 0. The fourth-order valence-electron chi connectivity index (χ4n) is 4.43. The Balaban J connectivity index is 1.60. The van der Waals surface area contributed by atoms with Crippen molar-refractivity contribution in [3.63, 3.8) is 0 Å². The molecule has 5 nitrogen and oxygen atoms in total. The maximum absolute atomic E-state index is 13.3. The van der Waals surface area contributed by atoms with Crippen LogP contribution < -0.4 is 4.90 Å². The van der Waals surface area contributed by atoms with E-state index in [0.717, 1.165) is 24.1 Å². The zero-order valence-corrected chi connectivity index (χ0v) is 16.4. The van der Waals surface area contributed by atoms with Crippen LogP contribution in [0, 0.1) is 0 Å². The van der Waals surface area contributed by atoms with Gasteiger partial charge in [0.25, 0.3) is 0 Å². The van der Waals surface area contributed by atoms with Gasteiger partial charge < -0.3 is 9.64 Å². The average molecular weight is 378 g/mol. The van der Waals surface area contributed by atoms with E-state index in [1.165, 1.54) is 18.2 Å². The molecule has 0 aliphatic carbocycles. The second kappa shape index (κ2) is 7.76. The third-order valence-electron chi connectivity index (χ3n) is 5.95. The zero-order valence-electron chi connectivity index (χ0n) is 16.4. The van der Waals surface area contributed by atoms with Crippen molar-refractivity contribution in [2.75, 3.05) is 18.6 Å². The van der Waals surface area contributed by atoms with Crippen molar-refractivity contribution in [1.29, 1.82) is 0 Å². The molecule has 2 aliphatic rings. The molecule has 2 unspecified atom stereocenters. The molecule has 2 heterocycles. The van der Waals surface area contributed by atoms with Crippen LogP contribution in [0.25, 0.3) is 0 Å². The summed E-state index contributed by atoms with van der Waals surface area (Å²) in [6.45, 7) is 2.87. The van der Waals surface area contributed by atoms with Crippen molar-refractivity contribution in [3.8, 4) is 0 Å². The van der Waals surface area contributed by atoms with Crippen molar-refractivity contribution in [3.05, 3.63) is 65.2 Å². The van der Waals surface area contributed by atoms with E-state index in [1.54, 1.807) is 0 Å². The maximum Gasteiger partial charge on any atom is 0.323 e. The van der Waals surface area contributed by atoms with Crippen molar-refractivity contribution in [2.24, 2.45) is 0 Å². The number of amides is 1. The highest BCUT2D eigenvalue weighted by Gasteiger charge is 2.36. The van der Waals surface area contributed by atoms with Crippen LogP contribution in [0.15, 0.2) is 48.5 Å². The molecule has 0 fully saturated rings. The highest BCUT2D eigenvalue weighted by Crippen LogP contribution is 2.31. The number of carbonyl (C=O) groups excluding carboxylic acids is 2.